The van der Waals surface area contributed by atoms with Crippen LogP contribution in [0.15, 0.2) is 11.4 Å². The van der Waals surface area contributed by atoms with Crippen LogP contribution in [-0.2, 0) is 11.2 Å². The van der Waals surface area contributed by atoms with Gasteiger partial charge >= 0.3 is 5.97 Å². The van der Waals surface area contributed by atoms with Crippen molar-refractivity contribution in [1.82, 2.24) is 4.90 Å². The van der Waals surface area contributed by atoms with Crippen LogP contribution in [0.4, 0.5) is 0 Å². The minimum absolute atomic E-state index is 0.0131. The number of aliphatic hydroxyl groups is 1. The third-order valence-electron chi connectivity index (χ3n) is 4.11. The van der Waals surface area contributed by atoms with Gasteiger partial charge in [-0.2, -0.15) is 0 Å². The SMILES string of the molecule is O=C(O)C1c2ccsc2CCN1C1CCCC1O. The fraction of sp³-hybridized carbons (Fsp3) is 0.615. The molecule has 98 valence electrons. The Hall–Kier alpha value is -0.910. The second-order valence-electron chi connectivity index (χ2n) is 5.09. The molecule has 1 aromatic rings. The van der Waals surface area contributed by atoms with Gasteiger partial charge in [0.05, 0.1) is 6.10 Å². The van der Waals surface area contributed by atoms with Gasteiger partial charge in [-0.3, -0.25) is 9.69 Å². The third-order valence-corrected chi connectivity index (χ3v) is 5.10. The summed E-state index contributed by atoms with van der Waals surface area (Å²) in [5, 5.41) is 21.5. The fourth-order valence-electron chi connectivity index (χ4n) is 3.28. The summed E-state index contributed by atoms with van der Waals surface area (Å²) >= 11 is 1.64. The summed E-state index contributed by atoms with van der Waals surface area (Å²) in [6, 6.07) is 1.36. The zero-order valence-electron chi connectivity index (χ0n) is 10.1. The first-order valence-electron chi connectivity index (χ1n) is 6.41. The quantitative estimate of drug-likeness (QED) is 0.855. The van der Waals surface area contributed by atoms with Crippen LogP contribution in [0.3, 0.4) is 0 Å². The number of hydrogen-bond acceptors (Lipinski definition) is 4. The number of aliphatic carboxylic acids is 1. The van der Waals surface area contributed by atoms with Crippen molar-refractivity contribution in [2.24, 2.45) is 0 Å². The minimum Gasteiger partial charge on any atom is -0.480 e. The molecule has 3 atom stereocenters. The first kappa shape index (κ1) is 12.1. The van der Waals surface area contributed by atoms with E-state index >= 15 is 0 Å². The van der Waals surface area contributed by atoms with E-state index in [9.17, 15) is 15.0 Å². The maximum absolute atomic E-state index is 11.6. The summed E-state index contributed by atoms with van der Waals surface area (Å²) in [6.45, 7) is 0.742. The van der Waals surface area contributed by atoms with Gasteiger partial charge in [-0.15, -0.1) is 11.3 Å². The topological polar surface area (TPSA) is 60.8 Å². The van der Waals surface area contributed by atoms with E-state index in [1.54, 1.807) is 11.3 Å². The van der Waals surface area contributed by atoms with Crippen molar-refractivity contribution in [2.75, 3.05) is 6.54 Å². The lowest BCUT2D eigenvalue weighted by atomic mass is 9.97. The summed E-state index contributed by atoms with van der Waals surface area (Å²) < 4.78 is 0. The lowest BCUT2D eigenvalue weighted by Crippen LogP contribution is -2.48. The lowest BCUT2D eigenvalue weighted by Gasteiger charge is -2.38. The van der Waals surface area contributed by atoms with Crippen LogP contribution in [-0.4, -0.2) is 39.8 Å². The Kier molecular flexibility index (Phi) is 3.13. The molecule has 18 heavy (non-hydrogen) atoms. The van der Waals surface area contributed by atoms with Gasteiger partial charge in [-0.05, 0) is 42.7 Å². The Labute approximate surface area is 110 Å². The van der Waals surface area contributed by atoms with E-state index in [0.717, 1.165) is 37.8 Å². The molecule has 0 amide bonds. The van der Waals surface area contributed by atoms with E-state index in [1.807, 2.05) is 16.3 Å². The monoisotopic (exact) mass is 267 g/mol. The smallest absolute Gasteiger partial charge is 0.325 e. The molecule has 2 heterocycles. The molecule has 1 aliphatic heterocycles. The average Bonchev–Trinajstić information content (AvgIpc) is 2.95. The van der Waals surface area contributed by atoms with Crippen molar-refractivity contribution in [3.8, 4) is 0 Å². The van der Waals surface area contributed by atoms with Crippen LogP contribution < -0.4 is 0 Å². The van der Waals surface area contributed by atoms with Crippen molar-refractivity contribution < 1.29 is 15.0 Å². The van der Waals surface area contributed by atoms with Crippen LogP contribution >= 0.6 is 11.3 Å². The molecule has 1 saturated carbocycles. The maximum atomic E-state index is 11.6. The summed E-state index contributed by atoms with van der Waals surface area (Å²) in [7, 11) is 0. The highest BCUT2D eigenvalue weighted by Crippen LogP contribution is 2.38. The van der Waals surface area contributed by atoms with Crippen LogP contribution in [0.1, 0.15) is 35.7 Å². The minimum atomic E-state index is -0.798. The highest BCUT2D eigenvalue weighted by atomic mass is 32.1. The molecule has 5 heteroatoms. The zero-order chi connectivity index (χ0) is 12.7. The number of carboxylic acid groups (broad SMARTS) is 1. The molecule has 0 bridgehead atoms. The molecule has 2 N–H and O–H groups in total. The molecule has 3 rings (SSSR count). The summed E-state index contributed by atoms with van der Waals surface area (Å²) in [4.78, 5) is 14.8. The lowest BCUT2D eigenvalue weighted by molar-refractivity contribution is -0.146. The fourth-order valence-corrected chi connectivity index (χ4v) is 4.18. The van der Waals surface area contributed by atoms with Crippen LogP contribution in [0.25, 0.3) is 0 Å². The second kappa shape index (κ2) is 4.64. The predicted molar refractivity (Wildman–Crippen MR) is 68.8 cm³/mol. The van der Waals surface area contributed by atoms with Crippen LogP contribution in [0, 0.1) is 0 Å². The molecule has 0 spiro atoms. The van der Waals surface area contributed by atoms with Crippen molar-refractivity contribution in [1.29, 1.82) is 0 Å². The maximum Gasteiger partial charge on any atom is 0.325 e. The Balaban J connectivity index is 1.93. The highest BCUT2D eigenvalue weighted by molar-refractivity contribution is 7.10. The molecule has 0 saturated heterocycles. The molecule has 0 aromatic carbocycles. The molecular formula is C13H17NO3S. The second-order valence-corrected chi connectivity index (χ2v) is 6.09. The Morgan fingerprint density at radius 1 is 1.44 bits per heavy atom. The summed E-state index contributed by atoms with van der Waals surface area (Å²) in [5.41, 5.74) is 0.929. The van der Waals surface area contributed by atoms with Gasteiger partial charge in [0.1, 0.15) is 6.04 Å². The van der Waals surface area contributed by atoms with E-state index < -0.39 is 12.0 Å². The Bertz CT molecular complexity index is 459. The van der Waals surface area contributed by atoms with Crippen LogP contribution in [0.5, 0.6) is 0 Å². The molecule has 2 aliphatic rings. The molecule has 1 aromatic heterocycles. The third kappa shape index (κ3) is 1.86. The molecule has 3 unspecified atom stereocenters. The Morgan fingerprint density at radius 3 is 2.94 bits per heavy atom. The van der Waals surface area contributed by atoms with E-state index in [-0.39, 0.29) is 12.1 Å². The number of nitrogens with zero attached hydrogens (tertiary/aromatic N) is 1. The molecule has 1 fully saturated rings. The number of carboxylic acids is 1. The first-order valence-corrected chi connectivity index (χ1v) is 7.29. The van der Waals surface area contributed by atoms with Gasteiger partial charge in [0.25, 0.3) is 0 Å². The highest BCUT2D eigenvalue weighted by Gasteiger charge is 2.41. The molecule has 4 nitrogen and oxygen atoms in total. The van der Waals surface area contributed by atoms with E-state index in [4.69, 9.17) is 0 Å². The van der Waals surface area contributed by atoms with Crippen molar-refractivity contribution in [2.45, 2.75) is 43.9 Å². The number of aliphatic hydroxyl groups excluding tert-OH is 1. The zero-order valence-corrected chi connectivity index (χ0v) is 10.9. The summed E-state index contributed by atoms with van der Waals surface area (Å²) in [5.74, 6) is -0.798. The standard InChI is InChI=1S/C13H17NO3S/c15-10-3-1-2-9(10)14-6-4-11-8(5-7-18-11)12(14)13(16)17/h5,7,9-10,12,15H,1-4,6H2,(H,16,17). The molecule has 0 radical (unpaired) electrons. The van der Waals surface area contributed by atoms with Gasteiger partial charge in [0, 0.05) is 17.5 Å². The van der Waals surface area contributed by atoms with E-state index in [1.165, 1.54) is 4.88 Å². The largest absolute Gasteiger partial charge is 0.480 e. The summed E-state index contributed by atoms with van der Waals surface area (Å²) in [6.07, 6.45) is 3.23. The van der Waals surface area contributed by atoms with Crippen molar-refractivity contribution >= 4 is 17.3 Å². The van der Waals surface area contributed by atoms with Crippen molar-refractivity contribution in [3.05, 3.63) is 21.9 Å². The first-order chi connectivity index (χ1) is 8.68. The van der Waals surface area contributed by atoms with Gasteiger partial charge < -0.3 is 10.2 Å². The van der Waals surface area contributed by atoms with Gasteiger partial charge in [0.2, 0.25) is 0 Å². The van der Waals surface area contributed by atoms with Crippen molar-refractivity contribution in [3.63, 3.8) is 0 Å². The number of rotatable bonds is 2. The van der Waals surface area contributed by atoms with Gasteiger partial charge in [-0.1, -0.05) is 0 Å². The van der Waals surface area contributed by atoms with E-state index in [2.05, 4.69) is 0 Å². The normalized spacial score (nSPS) is 32.4. The number of carbonyl (C=O) groups is 1. The van der Waals surface area contributed by atoms with Crippen LogP contribution in [0.2, 0.25) is 0 Å². The average molecular weight is 267 g/mol. The van der Waals surface area contributed by atoms with Gasteiger partial charge in [0.15, 0.2) is 0 Å². The van der Waals surface area contributed by atoms with E-state index in [0.29, 0.717) is 0 Å². The predicted octanol–water partition coefficient (Wildman–Crippen LogP) is 1.65. The number of thiophene rings is 1. The Morgan fingerprint density at radius 2 is 2.28 bits per heavy atom. The number of fused-ring (bicyclic) bond motifs is 1. The molecular weight excluding hydrogens is 250 g/mol. The van der Waals surface area contributed by atoms with Gasteiger partial charge in [-0.25, -0.2) is 0 Å². The number of hydrogen-bond donors (Lipinski definition) is 2. The molecule has 1 aliphatic carbocycles.